The molecule has 0 aromatic heterocycles. The van der Waals surface area contributed by atoms with Crippen LogP contribution in [-0.2, 0) is 16.1 Å². The summed E-state index contributed by atoms with van der Waals surface area (Å²) in [5.41, 5.74) is 1.73. The third-order valence-corrected chi connectivity index (χ3v) is 3.12. The van der Waals surface area contributed by atoms with Crippen molar-refractivity contribution in [1.29, 1.82) is 0 Å². The average Bonchev–Trinajstić information content (AvgIpc) is 2.37. The molecule has 0 atom stereocenters. The van der Waals surface area contributed by atoms with Crippen LogP contribution in [0.15, 0.2) is 24.3 Å². The van der Waals surface area contributed by atoms with Gasteiger partial charge in [-0.2, -0.15) is 0 Å². The maximum Gasteiger partial charge on any atom is 0.407 e. The molecule has 5 nitrogen and oxygen atoms in total. The number of ether oxygens (including phenoxy) is 1. The van der Waals surface area contributed by atoms with Gasteiger partial charge in [-0.1, -0.05) is 24.3 Å². The Morgan fingerprint density at radius 2 is 1.86 bits per heavy atom. The van der Waals surface area contributed by atoms with Crippen LogP contribution < -0.4 is 5.32 Å². The van der Waals surface area contributed by atoms with Gasteiger partial charge in [0.05, 0.1) is 0 Å². The summed E-state index contributed by atoms with van der Waals surface area (Å²) < 4.78 is 5.16. The third-order valence-electron chi connectivity index (χ3n) is 3.12. The molecule has 0 unspecified atom stereocenters. The molecule has 0 spiro atoms. The first kappa shape index (κ1) is 18.0. The number of alkyl carbamates (subject to hydrolysis) is 1. The molecule has 1 rings (SSSR count). The lowest BCUT2D eigenvalue weighted by Crippen LogP contribution is -2.39. The average molecular weight is 306 g/mol. The summed E-state index contributed by atoms with van der Waals surface area (Å²) in [5, 5.41) is 2.67. The van der Waals surface area contributed by atoms with Crippen LogP contribution in [0.5, 0.6) is 0 Å². The Balaban J connectivity index is 2.51. The fourth-order valence-corrected chi connectivity index (χ4v) is 1.95. The van der Waals surface area contributed by atoms with Crippen molar-refractivity contribution in [1.82, 2.24) is 10.2 Å². The van der Waals surface area contributed by atoms with Gasteiger partial charge in [-0.3, -0.25) is 4.79 Å². The standard InChI is InChI=1S/C17H26N2O3/c1-13-8-6-7-9-15(13)12-19(14(2)20)11-10-18-16(21)22-17(3,4)5/h6-9H,10-12H2,1-5H3,(H,18,21). The van der Waals surface area contributed by atoms with Crippen LogP contribution in [0.1, 0.15) is 38.8 Å². The Labute approximate surface area is 132 Å². The number of nitrogens with one attached hydrogen (secondary N) is 1. The van der Waals surface area contributed by atoms with E-state index in [1.807, 2.05) is 52.0 Å². The summed E-state index contributed by atoms with van der Waals surface area (Å²) in [5.74, 6) is -0.0192. The molecular weight excluding hydrogens is 280 g/mol. The molecule has 5 heteroatoms. The lowest BCUT2D eigenvalue weighted by atomic mass is 10.1. The smallest absolute Gasteiger partial charge is 0.407 e. The third kappa shape index (κ3) is 6.61. The summed E-state index contributed by atoms with van der Waals surface area (Å²) in [7, 11) is 0. The molecule has 22 heavy (non-hydrogen) atoms. The highest BCUT2D eigenvalue weighted by Gasteiger charge is 2.16. The zero-order valence-corrected chi connectivity index (χ0v) is 14.1. The highest BCUT2D eigenvalue weighted by Crippen LogP contribution is 2.10. The van der Waals surface area contributed by atoms with Gasteiger partial charge >= 0.3 is 6.09 Å². The summed E-state index contributed by atoms with van der Waals surface area (Å²) >= 11 is 0. The zero-order valence-electron chi connectivity index (χ0n) is 14.1. The van der Waals surface area contributed by atoms with Crippen molar-refractivity contribution in [3.8, 4) is 0 Å². The quantitative estimate of drug-likeness (QED) is 0.910. The van der Waals surface area contributed by atoms with E-state index in [2.05, 4.69) is 5.32 Å². The van der Waals surface area contributed by atoms with E-state index < -0.39 is 11.7 Å². The van der Waals surface area contributed by atoms with Crippen LogP contribution in [0, 0.1) is 6.92 Å². The molecule has 1 aromatic rings. The van der Waals surface area contributed by atoms with Crippen molar-refractivity contribution in [3.05, 3.63) is 35.4 Å². The minimum Gasteiger partial charge on any atom is -0.444 e. The van der Waals surface area contributed by atoms with Gasteiger partial charge in [0.15, 0.2) is 0 Å². The number of rotatable bonds is 5. The number of hydrogen-bond acceptors (Lipinski definition) is 3. The maximum atomic E-state index is 11.7. The van der Waals surface area contributed by atoms with E-state index in [1.165, 1.54) is 6.92 Å². The summed E-state index contributed by atoms with van der Waals surface area (Å²) in [6.07, 6.45) is -0.466. The number of carbonyl (C=O) groups excluding carboxylic acids is 2. The Morgan fingerprint density at radius 3 is 2.41 bits per heavy atom. The molecule has 0 radical (unpaired) electrons. The number of aryl methyl sites for hydroxylation is 1. The number of carbonyl (C=O) groups is 2. The molecule has 0 aliphatic rings. The first-order valence-corrected chi connectivity index (χ1v) is 7.46. The lowest BCUT2D eigenvalue weighted by molar-refractivity contribution is -0.129. The van der Waals surface area contributed by atoms with Gasteiger partial charge in [-0.05, 0) is 38.8 Å². The minimum atomic E-state index is -0.522. The molecule has 0 saturated carbocycles. The van der Waals surface area contributed by atoms with Gasteiger partial charge < -0.3 is 15.0 Å². The molecule has 1 N–H and O–H groups in total. The van der Waals surface area contributed by atoms with Gasteiger partial charge in [0.2, 0.25) is 5.91 Å². The summed E-state index contributed by atoms with van der Waals surface area (Å²) in [4.78, 5) is 25.0. The van der Waals surface area contributed by atoms with Crippen LogP contribution in [0.3, 0.4) is 0 Å². The Kier molecular flexibility index (Phi) is 6.40. The van der Waals surface area contributed by atoms with Crippen LogP contribution in [0.4, 0.5) is 4.79 Å². The molecular formula is C17H26N2O3. The van der Waals surface area contributed by atoms with Crippen LogP contribution in [0.25, 0.3) is 0 Å². The van der Waals surface area contributed by atoms with Gasteiger partial charge in [-0.25, -0.2) is 4.79 Å². The van der Waals surface area contributed by atoms with Crippen LogP contribution in [-0.4, -0.2) is 35.6 Å². The second kappa shape index (κ2) is 7.82. The summed E-state index contributed by atoms with van der Waals surface area (Å²) in [6, 6.07) is 7.96. The molecule has 122 valence electrons. The first-order chi connectivity index (χ1) is 10.2. The van der Waals surface area contributed by atoms with Gasteiger partial charge in [-0.15, -0.1) is 0 Å². The van der Waals surface area contributed by atoms with E-state index in [-0.39, 0.29) is 5.91 Å². The van der Waals surface area contributed by atoms with Crippen molar-refractivity contribution in [2.24, 2.45) is 0 Å². The number of amides is 2. The topological polar surface area (TPSA) is 58.6 Å². The van der Waals surface area contributed by atoms with E-state index >= 15 is 0 Å². The summed E-state index contributed by atoms with van der Waals surface area (Å²) in [6.45, 7) is 10.3. The van der Waals surface area contributed by atoms with Crippen LogP contribution >= 0.6 is 0 Å². The number of hydrogen-bond donors (Lipinski definition) is 1. The largest absolute Gasteiger partial charge is 0.444 e. The predicted octanol–water partition coefficient (Wildman–Crippen LogP) is 2.87. The molecule has 0 heterocycles. The molecule has 0 aliphatic carbocycles. The second-order valence-corrected chi connectivity index (χ2v) is 6.30. The van der Waals surface area contributed by atoms with E-state index in [9.17, 15) is 9.59 Å². The van der Waals surface area contributed by atoms with E-state index in [0.29, 0.717) is 19.6 Å². The van der Waals surface area contributed by atoms with Gasteiger partial charge in [0.1, 0.15) is 5.60 Å². The Hall–Kier alpha value is -2.04. The highest BCUT2D eigenvalue weighted by molar-refractivity contribution is 5.73. The van der Waals surface area contributed by atoms with Crippen molar-refractivity contribution in [2.75, 3.05) is 13.1 Å². The molecule has 0 aliphatic heterocycles. The zero-order chi connectivity index (χ0) is 16.8. The SMILES string of the molecule is CC(=O)N(CCNC(=O)OC(C)(C)C)Cc1ccccc1C. The van der Waals surface area contributed by atoms with E-state index in [4.69, 9.17) is 4.74 Å². The van der Waals surface area contributed by atoms with E-state index in [0.717, 1.165) is 11.1 Å². The van der Waals surface area contributed by atoms with E-state index in [1.54, 1.807) is 4.90 Å². The van der Waals surface area contributed by atoms with Gasteiger partial charge in [0.25, 0.3) is 0 Å². The number of benzene rings is 1. The Bertz CT molecular complexity index is 521. The molecule has 1 aromatic carbocycles. The van der Waals surface area contributed by atoms with Crippen molar-refractivity contribution in [3.63, 3.8) is 0 Å². The second-order valence-electron chi connectivity index (χ2n) is 6.30. The Morgan fingerprint density at radius 1 is 1.23 bits per heavy atom. The maximum absolute atomic E-state index is 11.7. The molecule has 2 amide bonds. The first-order valence-electron chi connectivity index (χ1n) is 7.46. The predicted molar refractivity (Wildman–Crippen MR) is 86.5 cm³/mol. The molecule has 0 bridgehead atoms. The minimum absolute atomic E-state index is 0.0192. The van der Waals surface area contributed by atoms with Crippen LogP contribution in [0.2, 0.25) is 0 Å². The fourth-order valence-electron chi connectivity index (χ4n) is 1.95. The highest BCUT2D eigenvalue weighted by atomic mass is 16.6. The number of nitrogens with zero attached hydrogens (tertiary/aromatic N) is 1. The van der Waals surface area contributed by atoms with Crippen molar-refractivity contribution < 1.29 is 14.3 Å². The normalized spacial score (nSPS) is 11.0. The van der Waals surface area contributed by atoms with Crippen molar-refractivity contribution in [2.45, 2.75) is 46.8 Å². The lowest BCUT2D eigenvalue weighted by Gasteiger charge is -2.23. The van der Waals surface area contributed by atoms with Gasteiger partial charge in [0, 0.05) is 26.6 Å². The monoisotopic (exact) mass is 306 g/mol. The molecule has 0 saturated heterocycles. The fraction of sp³-hybridized carbons (Fsp3) is 0.529. The molecule has 0 fully saturated rings. The van der Waals surface area contributed by atoms with Crippen molar-refractivity contribution >= 4 is 12.0 Å².